The molecule has 0 unspecified atom stereocenters. The van der Waals surface area contributed by atoms with Crippen molar-refractivity contribution in [2.45, 2.75) is 44.6 Å². The molecule has 3 N–H and O–H groups in total. The fraction of sp³-hybridized carbons (Fsp3) is 0.556. The Labute approximate surface area is 160 Å². The second-order valence-corrected chi connectivity index (χ2v) is 8.88. The van der Waals surface area contributed by atoms with Crippen molar-refractivity contribution >= 4 is 21.9 Å². The van der Waals surface area contributed by atoms with E-state index < -0.39 is 22.0 Å². The van der Waals surface area contributed by atoms with Crippen molar-refractivity contribution in [1.29, 1.82) is 0 Å². The van der Waals surface area contributed by atoms with Crippen LogP contribution in [0.4, 0.5) is 0 Å². The quantitative estimate of drug-likeness (QED) is 0.726. The SMILES string of the molecule is Cc1cc(C)c(S(=O)(=O)N2CCN(C(=O)CC[C@H](N)C(=O)O)CC2)cc1C. The van der Waals surface area contributed by atoms with Crippen LogP contribution in [0.15, 0.2) is 17.0 Å². The van der Waals surface area contributed by atoms with E-state index in [1.165, 1.54) is 4.31 Å². The highest BCUT2D eigenvalue weighted by atomic mass is 32.2. The lowest BCUT2D eigenvalue weighted by atomic mass is 10.1. The first kappa shape index (κ1) is 21.3. The monoisotopic (exact) mass is 397 g/mol. The molecule has 1 heterocycles. The first-order valence-corrected chi connectivity index (χ1v) is 10.3. The number of benzene rings is 1. The zero-order valence-electron chi connectivity index (χ0n) is 15.9. The van der Waals surface area contributed by atoms with E-state index in [4.69, 9.17) is 10.8 Å². The topological polar surface area (TPSA) is 121 Å². The number of aryl methyl sites for hydroxylation is 3. The minimum atomic E-state index is -3.62. The summed E-state index contributed by atoms with van der Waals surface area (Å²) in [5, 5.41) is 8.77. The molecule has 0 spiro atoms. The van der Waals surface area contributed by atoms with E-state index >= 15 is 0 Å². The molecular formula is C18H27N3O5S. The minimum Gasteiger partial charge on any atom is -0.480 e. The molecule has 0 bridgehead atoms. The van der Waals surface area contributed by atoms with E-state index in [-0.39, 0.29) is 44.9 Å². The summed E-state index contributed by atoms with van der Waals surface area (Å²) >= 11 is 0. The van der Waals surface area contributed by atoms with Crippen LogP contribution in [0, 0.1) is 20.8 Å². The first-order chi connectivity index (χ1) is 12.5. The van der Waals surface area contributed by atoms with Gasteiger partial charge in [0.05, 0.1) is 4.90 Å². The van der Waals surface area contributed by atoms with Crippen LogP contribution >= 0.6 is 0 Å². The van der Waals surface area contributed by atoms with Crippen molar-refractivity contribution in [3.8, 4) is 0 Å². The lowest BCUT2D eigenvalue weighted by Crippen LogP contribution is -2.50. The predicted molar refractivity (Wildman–Crippen MR) is 101 cm³/mol. The Morgan fingerprint density at radius 3 is 2.19 bits per heavy atom. The largest absolute Gasteiger partial charge is 0.480 e. The van der Waals surface area contributed by atoms with Gasteiger partial charge in [0, 0.05) is 32.6 Å². The number of carboxylic acid groups (broad SMARTS) is 1. The number of carbonyl (C=O) groups is 2. The maximum Gasteiger partial charge on any atom is 0.320 e. The van der Waals surface area contributed by atoms with Crippen molar-refractivity contribution in [2.24, 2.45) is 5.73 Å². The molecule has 150 valence electrons. The lowest BCUT2D eigenvalue weighted by molar-refractivity contribution is -0.139. The maximum absolute atomic E-state index is 13.0. The van der Waals surface area contributed by atoms with Crippen LogP contribution < -0.4 is 5.73 Å². The summed E-state index contributed by atoms with van der Waals surface area (Å²) < 4.78 is 27.4. The summed E-state index contributed by atoms with van der Waals surface area (Å²) in [6.07, 6.45) is 0.102. The smallest absolute Gasteiger partial charge is 0.320 e. The molecule has 1 aliphatic heterocycles. The Kier molecular flexibility index (Phi) is 6.61. The number of hydrogen-bond donors (Lipinski definition) is 2. The standard InChI is InChI=1S/C18H27N3O5S/c1-12-10-14(3)16(11-13(12)2)27(25,26)21-8-6-20(7-9-21)17(22)5-4-15(19)18(23)24/h10-11,15H,4-9,19H2,1-3H3,(H,23,24)/t15-/m0/s1. The van der Waals surface area contributed by atoms with Gasteiger partial charge in [0.15, 0.2) is 0 Å². The summed E-state index contributed by atoms with van der Waals surface area (Å²) in [5.74, 6) is -1.34. The number of carbonyl (C=O) groups excluding carboxylic acids is 1. The van der Waals surface area contributed by atoms with Crippen molar-refractivity contribution in [3.63, 3.8) is 0 Å². The molecule has 1 aromatic carbocycles. The van der Waals surface area contributed by atoms with Crippen molar-refractivity contribution < 1.29 is 23.1 Å². The van der Waals surface area contributed by atoms with Crippen molar-refractivity contribution in [3.05, 3.63) is 28.8 Å². The number of amides is 1. The van der Waals surface area contributed by atoms with Crippen LogP contribution in [-0.4, -0.2) is 66.8 Å². The van der Waals surface area contributed by atoms with Crippen LogP contribution in [0.2, 0.25) is 0 Å². The van der Waals surface area contributed by atoms with Gasteiger partial charge in [0.1, 0.15) is 6.04 Å². The lowest BCUT2D eigenvalue weighted by Gasteiger charge is -2.34. The molecule has 0 aliphatic carbocycles. The van der Waals surface area contributed by atoms with Gasteiger partial charge >= 0.3 is 5.97 Å². The third-order valence-electron chi connectivity index (χ3n) is 4.99. The first-order valence-electron chi connectivity index (χ1n) is 8.88. The Morgan fingerprint density at radius 2 is 1.63 bits per heavy atom. The second-order valence-electron chi connectivity index (χ2n) is 6.97. The fourth-order valence-electron chi connectivity index (χ4n) is 3.09. The number of carboxylic acids is 1. The Balaban J connectivity index is 2.01. The van der Waals surface area contributed by atoms with Gasteiger partial charge in [-0.05, 0) is 49.9 Å². The van der Waals surface area contributed by atoms with Gasteiger partial charge in [0.2, 0.25) is 15.9 Å². The molecule has 2 rings (SSSR count). The molecule has 0 saturated carbocycles. The minimum absolute atomic E-state index is 0.0382. The number of rotatable bonds is 6. The molecule has 1 saturated heterocycles. The van der Waals surface area contributed by atoms with Gasteiger partial charge in [-0.2, -0.15) is 4.31 Å². The number of hydrogen-bond acceptors (Lipinski definition) is 5. The normalized spacial score (nSPS) is 17.0. The molecule has 0 radical (unpaired) electrons. The van der Waals surface area contributed by atoms with E-state index in [1.807, 2.05) is 19.9 Å². The summed E-state index contributed by atoms with van der Waals surface area (Å²) in [6, 6.07) is 2.50. The van der Waals surface area contributed by atoms with Gasteiger partial charge in [0.25, 0.3) is 0 Å². The third kappa shape index (κ3) is 4.85. The average Bonchev–Trinajstić information content (AvgIpc) is 2.62. The van der Waals surface area contributed by atoms with Crippen molar-refractivity contribution in [1.82, 2.24) is 9.21 Å². The molecular weight excluding hydrogens is 370 g/mol. The van der Waals surface area contributed by atoms with Gasteiger partial charge < -0.3 is 15.7 Å². The highest BCUT2D eigenvalue weighted by Crippen LogP contribution is 2.24. The Hall–Kier alpha value is -1.97. The number of nitrogens with two attached hydrogens (primary N) is 1. The maximum atomic E-state index is 13.0. The van der Waals surface area contributed by atoms with Gasteiger partial charge in [-0.25, -0.2) is 8.42 Å². The molecule has 1 atom stereocenters. The van der Waals surface area contributed by atoms with Crippen LogP contribution in [0.3, 0.4) is 0 Å². The molecule has 27 heavy (non-hydrogen) atoms. The van der Waals surface area contributed by atoms with E-state index in [0.29, 0.717) is 10.5 Å². The van der Waals surface area contributed by atoms with Gasteiger partial charge in [-0.1, -0.05) is 6.07 Å². The summed E-state index contributed by atoms with van der Waals surface area (Å²) in [6.45, 7) is 6.60. The molecule has 8 nitrogen and oxygen atoms in total. The summed E-state index contributed by atoms with van der Waals surface area (Å²) in [7, 11) is -3.62. The van der Waals surface area contributed by atoms with Crippen LogP contribution in [0.1, 0.15) is 29.5 Å². The van der Waals surface area contributed by atoms with E-state index in [0.717, 1.165) is 11.1 Å². The molecule has 1 amide bonds. The highest BCUT2D eigenvalue weighted by molar-refractivity contribution is 7.89. The molecule has 0 aromatic heterocycles. The van der Waals surface area contributed by atoms with E-state index in [2.05, 4.69) is 0 Å². The van der Waals surface area contributed by atoms with Crippen LogP contribution in [-0.2, 0) is 19.6 Å². The van der Waals surface area contributed by atoms with E-state index in [1.54, 1.807) is 17.9 Å². The molecule has 1 fully saturated rings. The second kappa shape index (κ2) is 8.37. The third-order valence-corrected chi connectivity index (χ3v) is 7.03. The highest BCUT2D eigenvalue weighted by Gasteiger charge is 2.31. The number of sulfonamides is 1. The number of piperazine rings is 1. The zero-order valence-corrected chi connectivity index (χ0v) is 16.8. The molecule has 9 heteroatoms. The Bertz CT molecular complexity index is 830. The fourth-order valence-corrected chi connectivity index (χ4v) is 4.80. The van der Waals surface area contributed by atoms with Crippen molar-refractivity contribution in [2.75, 3.05) is 26.2 Å². The molecule has 1 aromatic rings. The Morgan fingerprint density at radius 1 is 1.07 bits per heavy atom. The number of nitrogens with zero attached hydrogens (tertiary/aromatic N) is 2. The summed E-state index contributed by atoms with van der Waals surface area (Å²) in [4.78, 5) is 24.8. The van der Waals surface area contributed by atoms with Gasteiger partial charge in [-0.15, -0.1) is 0 Å². The average molecular weight is 397 g/mol. The van der Waals surface area contributed by atoms with Gasteiger partial charge in [-0.3, -0.25) is 9.59 Å². The van der Waals surface area contributed by atoms with Crippen LogP contribution in [0.5, 0.6) is 0 Å². The van der Waals surface area contributed by atoms with E-state index in [9.17, 15) is 18.0 Å². The zero-order chi connectivity index (χ0) is 20.4. The van der Waals surface area contributed by atoms with Crippen LogP contribution in [0.25, 0.3) is 0 Å². The summed E-state index contributed by atoms with van der Waals surface area (Å²) in [5.41, 5.74) is 8.09. The molecule has 1 aliphatic rings. The number of aliphatic carboxylic acids is 1. The predicted octanol–water partition coefficient (Wildman–Crippen LogP) is 0.637.